The second-order valence-electron chi connectivity index (χ2n) is 7.85. The third-order valence-corrected chi connectivity index (χ3v) is 5.59. The average molecular weight is 399 g/mol. The Kier molecular flexibility index (Phi) is 6.67. The number of hydrogen-bond donors (Lipinski definition) is 1. The van der Waals surface area contributed by atoms with Gasteiger partial charge in [-0.25, -0.2) is 9.48 Å². The lowest BCUT2D eigenvalue weighted by molar-refractivity contribution is -0.130. The van der Waals surface area contributed by atoms with Crippen LogP contribution in [0.25, 0.3) is 10.8 Å². The van der Waals surface area contributed by atoms with E-state index in [1.54, 1.807) is 31.2 Å². The van der Waals surface area contributed by atoms with Crippen molar-refractivity contribution < 1.29 is 14.3 Å². The number of aryl methyl sites for hydroxylation is 1. The molecule has 1 saturated carbocycles. The molecule has 1 aliphatic carbocycles. The van der Waals surface area contributed by atoms with Crippen molar-refractivity contribution in [3.8, 4) is 0 Å². The van der Waals surface area contributed by atoms with E-state index in [0.29, 0.717) is 29.7 Å². The Morgan fingerprint density at radius 3 is 2.62 bits per heavy atom. The molecule has 1 amide bonds. The smallest absolute Gasteiger partial charge is 0.360 e. The van der Waals surface area contributed by atoms with Gasteiger partial charge in [0, 0.05) is 18.0 Å². The second kappa shape index (κ2) is 9.20. The summed E-state index contributed by atoms with van der Waals surface area (Å²) in [5.41, 5.74) is -0.185. The van der Waals surface area contributed by atoms with Crippen LogP contribution in [0.15, 0.2) is 29.1 Å². The Morgan fingerprint density at radius 2 is 1.93 bits per heavy atom. The molecule has 7 nitrogen and oxygen atoms in total. The number of carbonyl (C=O) groups excluding carboxylic acids is 2. The second-order valence-corrected chi connectivity index (χ2v) is 7.85. The van der Waals surface area contributed by atoms with Crippen LogP contribution in [0.5, 0.6) is 0 Å². The first-order valence-electron chi connectivity index (χ1n) is 10.4. The number of carbonyl (C=O) groups is 2. The zero-order valence-corrected chi connectivity index (χ0v) is 17.3. The molecule has 1 heterocycles. The number of rotatable bonds is 6. The van der Waals surface area contributed by atoms with Crippen molar-refractivity contribution in [2.45, 2.75) is 71.6 Å². The van der Waals surface area contributed by atoms with Crippen LogP contribution in [0, 0.1) is 5.92 Å². The van der Waals surface area contributed by atoms with Crippen LogP contribution < -0.4 is 10.9 Å². The number of nitrogens with zero attached hydrogens (tertiary/aromatic N) is 2. The molecule has 1 aromatic carbocycles. The first kappa shape index (κ1) is 21.0. The molecule has 156 valence electrons. The molecule has 3 atom stereocenters. The molecule has 2 aromatic rings. The molecule has 0 spiro atoms. The predicted octanol–water partition coefficient (Wildman–Crippen LogP) is 3.05. The number of benzene rings is 1. The molecule has 1 N–H and O–H groups in total. The van der Waals surface area contributed by atoms with Crippen molar-refractivity contribution in [2.24, 2.45) is 5.92 Å². The number of nitrogens with one attached hydrogen (secondary N) is 1. The number of ether oxygens (including phenoxy) is 1. The lowest BCUT2D eigenvalue weighted by Crippen LogP contribution is -2.46. The van der Waals surface area contributed by atoms with E-state index < -0.39 is 12.1 Å². The summed E-state index contributed by atoms with van der Waals surface area (Å²) < 4.78 is 6.71. The molecule has 0 aliphatic heterocycles. The van der Waals surface area contributed by atoms with Crippen LogP contribution in [0.3, 0.4) is 0 Å². The Balaban J connectivity index is 1.79. The molecule has 1 aliphatic rings. The van der Waals surface area contributed by atoms with Gasteiger partial charge in [0.2, 0.25) is 0 Å². The van der Waals surface area contributed by atoms with Gasteiger partial charge in [0.25, 0.3) is 11.5 Å². The summed E-state index contributed by atoms with van der Waals surface area (Å²) in [5.74, 6) is -0.590. The van der Waals surface area contributed by atoms with Crippen molar-refractivity contribution in [3.63, 3.8) is 0 Å². The van der Waals surface area contributed by atoms with Gasteiger partial charge >= 0.3 is 5.97 Å². The Bertz CT molecular complexity index is 953. The number of esters is 1. The van der Waals surface area contributed by atoms with Crippen molar-refractivity contribution in [2.75, 3.05) is 0 Å². The van der Waals surface area contributed by atoms with E-state index in [4.69, 9.17) is 4.74 Å². The molecule has 3 rings (SSSR count). The first-order chi connectivity index (χ1) is 13.9. The molecule has 29 heavy (non-hydrogen) atoms. The topological polar surface area (TPSA) is 90.3 Å². The summed E-state index contributed by atoms with van der Waals surface area (Å²) >= 11 is 0. The summed E-state index contributed by atoms with van der Waals surface area (Å²) in [6.45, 7) is 6.03. The molecule has 0 saturated heterocycles. The molecule has 1 aromatic heterocycles. The fourth-order valence-corrected chi connectivity index (χ4v) is 3.85. The number of amides is 1. The van der Waals surface area contributed by atoms with Crippen LogP contribution >= 0.6 is 0 Å². The minimum absolute atomic E-state index is 0.0549. The minimum atomic E-state index is -0.941. The average Bonchev–Trinajstić information content (AvgIpc) is 2.71. The predicted molar refractivity (Wildman–Crippen MR) is 111 cm³/mol. The fraction of sp³-hybridized carbons (Fsp3) is 0.545. The SMILES string of the molecule is CCCn1nc(C(=O)OC(C)C(=O)NC2CCCCC2C)c2ccccc2c1=O. The Hall–Kier alpha value is -2.70. The van der Waals surface area contributed by atoms with Crippen molar-refractivity contribution in [3.05, 3.63) is 40.3 Å². The lowest BCUT2D eigenvalue weighted by Gasteiger charge is -2.30. The Morgan fingerprint density at radius 1 is 1.24 bits per heavy atom. The van der Waals surface area contributed by atoms with Crippen LogP contribution in [0.4, 0.5) is 0 Å². The van der Waals surface area contributed by atoms with E-state index in [9.17, 15) is 14.4 Å². The van der Waals surface area contributed by atoms with E-state index in [2.05, 4.69) is 17.3 Å². The summed E-state index contributed by atoms with van der Waals surface area (Å²) in [4.78, 5) is 37.9. The fourth-order valence-electron chi connectivity index (χ4n) is 3.85. The van der Waals surface area contributed by atoms with Crippen molar-refractivity contribution >= 4 is 22.6 Å². The molecule has 0 radical (unpaired) electrons. The highest BCUT2D eigenvalue weighted by Gasteiger charge is 2.27. The van der Waals surface area contributed by atoms with Crippen molar-refractivity contribution in [1.29, 1.82) is 0 Å². The van der Waals surface area contributed by atoms with E-state index in [0.717, 1.165) is 19.3 Å². The van der Waals surface area contributed by atoms with Gasteiger partial charge in [-0.1, -0.05) is 44.9 Å². The minimum Gasteiger partial charge on any atom is -0.448 e. The monoisotopic (exact) mass is 399 g/mol. The summed E-state index contributed by atoms with van der Waals surface area (Å²) in [6.07, 6.45) is 4.08. The highest BCUT2D eigenvalue weighted by atomic mass is 16.5. The number of hydrogen-bond acceptors (Lipinski definition) is 5. The van der Waals surface area contributed by atoms with Gasteiger partial charge in [-0.15, -0.1) is 0 Å². The normalized spacial score (nSPS) is 20.2. The van der Waals surface area contributed by atoms with E-state index in [-0.39, 0.29) is 23.2 Å². The van der Waals surface area contributed by atoms with Crippen LogP contribution in [0.1, 0.15) is 63.4 Å². The van der Waals surface area contributed by atoms with Gasteiger partial charge in [0.1, 0.15) is 0 Å². The van der Waals surface area contributed by atoms with Crippen LogP contribution in [-0.2, 0) is 16.1 Å². The lowest BCUT2D eigenvalue weighted by atomic mass is 9.86. The van der Waals surface area contributed by atoms with Crippen molar-refractivity contribution in [1.82, 2.24) is 15.1 Å². The standard InChI is InChI=1S/C22H29N3O4/c1-4-13-25-21(27)17-11-7-6-10-16(17)19(24-25)22(28)29-15(3)20(26)23-18-12-8-5-9-14(18)2/h6-7,10-11,14-15,18H,4-5,8-9,12-13H2,1-3H3,(H,23,26). The molecular weight excluding hydrogens is 370 g/mol. The largest absolute Gasteiger partial charge is 0.448 e. The third kappa shape index (κ3) is 4.66. The Labute approximate surface area is 170 Å². The summed E-state index contributed by atoms with van der Waals surface area (Å²) in [7, 11) is 0. The highest BCUT2D eigenvalue weighted by molar-refractivity contribution is 6.02. The van der Waals surface area contributed by atoms with Gasteiger partial charge in [0.05, 0.1) is 5.39 Å². The molecule has 3 unspecified atom stereocenters. The molecule has 7 heteroatoms. The zero-order chi connectivity index (χ0) is 21.0. The van der Waals surface area contributed by atoms with Crippen LogP contribution in [0.2, 0.25) is 0 Å². The number of fused-ring (bicyclic) bond motifs is 1. The summed E-state index contributed by atoms with van der Waals surface area (Å²) in [6, 6.07) is 6.94. The maximum absolute atomic E-state index is 12.8. The zero-order valence-electron chi connectivity index (χ0n) is 17.3. The molecule has 0 bridgehead atoms. The van der Waals surface area contributed by atoms with Gasteiger partial charge in [0.15, 0.2) is 11.8 Å². The van der Waals surface area contributed by atoms with E-state index >= 15 is 0 Å². The highest BCUT2D eigenvalue weighted by Crippen LogP contribution is 2.24. The van der Waals surface area contributed by atoms with Gasteiger partial charge in [-0.2, -0.15) is 5.10 Å². The van der Waals surface area contributed by atoms with Gasteiger partial charge in [-0.3, -0.25) is 9.59 Å². The van der Waals surface area contributed by atoms with Crippen LogP contribution in [-0.4, -0.2) is 33.8 Å². The first-order valence-corrected chi connectivity index (χ1v) is 10.4. The number of aromatic nitrogens is 2. The third-order valence-electron chi connectivity index (χ3n) is 5.59. The summed E-state index contributed by atoms with van der Waals surface area (Å²) in [5, 5.41) is 8.09. The maximum Gasteiger partial charge on any atom is 0.360 e. The maximum atomic E-state index is 12.8. The molecule has 1 fully saturated rings. The van der Waals surface area contributed by atoms with E-state index in [1.165, 1.54) is 11.1 Å². The quantitative estimate of drug-likeness (QED) is 0.754. The van der Waals surface area contributed by atoms with Gasteiger partial charge in [-0.05, 0) is 38.2 Å². The van der Waals surface area contributed by atoms with E-state index in [1.807, 2.05) is 6.92 Å². The van der Waals surface area contributed by atoms with Gasteiger partial charge < -0.3 is 10.1 Å². The molecular formula is C22H29N3O4.